The van der Waals surface area contributed by atoms with Gasteiger partial charge in [0.1, 0.15) is 13.2 Å². The lowest BCUT2D eigenvalue weighted by Crippen LogP contribution is -2.35. The van der Waals surface area contributed by atoms with Crippen LogP contribution < -0.4 is 9.47 Å². The highest BCUT2D eigenvalue weighted by Crippen LogP contribution is 2.34. The van der Waals surface area contributed by atoms with Crippen LogP contribution in [0.25, 0.3) is 6.08 Å². The summed E-state index contributed by atoms with van der Waals surface area (Å²) >= 11 is 0.774. The number of nitrogens with zero attached hydrogens (tertiary/aromatic N) is 1. The van der Waals surface area contributed by atoms with E-state index in [0.717, 1.165) is 16.7 Å². The van der Waals surface area contributed by atoms with Gasteiger partial charge in [-0.2, -0.15) is 0 Å². The zero-order valence-electron chi connectivity index (χ0n) is 16.2. The molecule has 152 valence electrons. The molecule has 0 N–H and O–H groups in total. The van der Waals surface area contributed by atoms with Crippen molar-refractivity contribution in [3.8, 4) is 11.5 Å². The van der Waals surface area contributed by atoms with Crippen LogP contribution in [-0.2, 0) is 19.1 Å². The number of hydrogen-bond acceptors (Lipinski definition) is 8. The molecule has 0 aromatic heterocycles. The van der Waals surface area contributed by atoms with E-state index in [9.17, 15) is 14.4 Å². The summed E-state index contributed by atoms with van der Waals surface area (Å²) in [6, 6.07) is 5.15. The minimum Gasteiger partial charge on any atom is -0.493 e. The summed E-state index contributed by atoms with van der Waals surface area (Å²) in [5.74, 6) is -0.126. The SMILES string of the molecule is COCCOc1ccc(/C=C2\SC(=O)N(CC(=O)OC(C)C)C2=O)cc1OC. The quantitative estimate of drug-likeness (QED) is 0.349. The maximum Gasteiger partial charge on any atom is 0.326 e. The van der Waals surface area contributed by atoms with Crippen molar-refractivity contribution in [1.29, 1.82) is 0 Å². The van der Waals surface area contributed by atoms with Crippen LogP contribution in [-0.4, -0.2) is 62.1 Å². The maximum absolute atomic E-state index is 12.5. The van der Waals surface area contributed by atoms with Gasteiger partial charge in [0.2, 0.25) is 0 Å². The van der Waals surface area contributed by atoms with E-state index in [1.54, 1.807) is 45.2 Å². The first-order valence-electron chi connectivity index (χ1n) is 8.60. The van der Waals surface area contributed by atoms with Crippen LogP contribution in [0, 0.1) is 0 Å². The predicted octanol–water partition coefficient (Wildman–Crippen LogP) is 2.71. The lowest BCUT2D eigenvalue weighted by atomic mass is 10.2. The fraction of sp³-hybridized carbons (Fsp3) is 0.421. The number of methoxy groups -OCH3 is 2. The Morgan fingerprint density at radius 2 is 1.93 bits per heavy atom. The number of benzene rings is 1. The van der Waals surface area contributed by atoms with E-state index < -0.39 is 23.7 Å². The van der Waals surface area contributed by atoms with Crippen molar-refractivity contribution in [2.45, 2.75) is 20.0 Å². The van der Waals surface area contributed by atoms with Gasteiger partial charge in [0.05, 0.1) is 24.7 Å². The zero-order chi connectivity index (χ0) is 20.7. The second-order valence-electron chi connectivity index (χ2n) is 6.06. The Balaban J connectivity index is 2.13. The van der Waals surface area contributed by atoms with Crippen LogP contribution in [0.5, 0.6) is 11.5 Å². The average molecular weight is 409 g/mol. The predicted molar refractivity (Wildman–Crippen MR) is 104 cm³/mol. The smallest absolute Gasteiger partial charge is 0.326 e. The van der Waals surface area contributed by atoms with Gasteiger partial charge in [0.15, 0.2) is 11.5 Å². The summed E-state index contributed by atoms with van der Waals surface area (Å²) in [5, 5.41) is -0.511. The first-order valence-corrected chi connectivity index (χ1v) is 9.42. The molecule has 0 aliphatic carbocycles. The Labute approximate surface area is 167 Å². The molecule has 1 aliphatic heterocycles. The van der Waals surface area contributed by atoms with Gasteiger partial charge in [-0.3, -0.25) is 19.3 Å². The maximum atomic E-state index is 12.5. The summed E-state index contributed by atoms with van der Waals surface area (Å²) in [5.41, 5.74) is 0.659. The Morgan fingerprint density at radius 1 is 1.18 bits per heavy atom. The van der Waals surface area contributed by atoms with Gasteiger partial charge in [-0.1, -0.05) is 6.07 Å². The molecule has 1 aromatic rings. The topological polar surface area (TPSA) is 91.4 Å². The van der Waals surface area contributed by atoms with Crippen LogP contribution >= 0.6 is 11.8 Å². The number of amides is 2. The molecular formula is C19H23NO7S. The standard InChI is InChI=1S/C19H23NO7S/c1-12(2)27-17(21)11-20-18(22)16(28-19(20)23)10-13-5-6-14(15(9-13)25-4)26-8-7-24-3/h5-6,9-10,12H,7-8,11H2,1-4H3/b16-10-. The van der Waals surface area contributed by atoms with Crippen LogP contribution in [0.1, 0.15) is 19.4 Å². The Morgan fingerprint density at radius 3 is 2.57 bits per heavy atom. The largest absolute Gasteiger partial charge is 0.493 e. The zero-order valence-corrected chi connectivity index (χ0v) is 17.0. The Kier molecular flexibility index (Phi) is 7.89. The summed E-state index contributed by atoms with van der Waals surface area (Å²) in [6.45, 7) is 3.80. The van der Waals surface area contributed by atoms with E-state index in [2.05, 4.69) is 0 Å². The summed E-state index contributed by atoms with van der Waals surface area (Å²) in [7, 11) is 3.09. The molecule has 0 unspecified atom stereocenters. The number of rotatable bonds is 9. The second-order valence-corrected chi connectivity index (χ2v) is 7.05. The van der Waals surface area contributed by atoms with E-state index in [4.69, 9.17) is 18.9 Å². The van der Waals surface area contributed by atoms with Crippen LogP contribution in [0.2, 0.25) is 0 Å². The van der Waals surface area contributed by atoms with E-state index in [-0.39, 0.29) is 11.0 Å². The molecule has 1 saturated heterocycles. The van der Waals surface area contributed by atoms with Crippen molar-refractivity contribution >= 4 is 35.0 Å². The van der Waals surface area contributed by atoms with Crippen LogP contribution in [0.3, 0.4) is 0 Å². The summed E-state index contributed by atoms with van der Waals surface area (Å²) < 4.78 is 20.8. The van der Waals surface area contributed by atoms with Crippen molar-refractivity contribution < 1.29 is 33.3 Å². The van der Waals surface area contributed by atoms with Gasteiger partial charge >= 0.3 is 5.97 Å². The van der Waals surface area contributed by atoms with Gasteiger partial charge < -0.3 is 18.9 Å². The van der Waals surface area contributed by atoms with Crippen LogP contribution in [0.4, 0.5) is 4.79 Å². The molecule has 28 heavy (non-hydrogen) atoms. The van der Waals surface area contributed by atoms with Gasteiger partial charge in [-0.15, -0.1) is 0 Å². The molecule has 1 heterocycles. The van der Waals surface area contributed by atoms with Gasteiger partial charge in [-0.25, -0.2) is 0 Å². The molecule has 1 fully saturated rings. The highest BCUT2D eigenvalue weighted by molar-refractivity contribution is 8.18. The van der Waals surface area contributed by atoms with Gasteiger partial charge in [0, 0.05) is 7.11 Å². The number of carbonyl (C=O) groups excluding carboxylic acids is 3. The Bertz CT molecular complexity index is 776. The lowest BCUT2D eigenvalue weighted by Gasteiger charge is -2.13. The monoisotopic (exact) mass is 409 g/mol. The minimum atomic E-state index is -0.627. The number of hydrogen-bond donors (Lipinski definition) is 0. The fourth-order valence-electron chi connectivity index (χ4n) is 2.35. The number of carbonyl (C=O) groups is 3. The van der Waals surface area contributed by atoms with Crippen LogP contribution in [0.15, 0.2) is 23.1 Å². The molecule has 9 heteroatoms. The molecule has 0 spiro atoms. The third-order valence-electron chi connectivity index (χ3n) is 3.56. The molecule has 1 aliphatic rings. The molecule has 2 amide bonds. The highest BCUT2D eigenvalue weighted by Gasteiger charge is 2.36. The van der Waals surface area contributed by atoms with E-state index in [0.29, 0.717) is 30.3 Å². The first-order chi connectivity index (χ1) is 13.3. The van der Waals surface area contributed by atoms with E-state index in [1.807, 2.05) is 0 Å². The summed E-state index contributed by atoms with van der Waals surface area (Å²) in [4.78, 5) is 37.4. The van der Waals surface area contributed by atoms with Gasteiger partial charge in [0.25, 0.3) is 11.1 Å². The second kappa shape index (κ2) is 10.1. The minimum absolute atomic E-state index is 0.220. The molecule has 0 atom stereocenters. The number of ether oxygens (including phenoxy) is 4. The third kappa shape index (κ3) is 5.74. The Hall–Kier alpha value is -2.52. The molecule has 0 saturated carbocycles. The molecule has 2 rings (SSSR count). The van der Waals surface area contributed by atoms with Crippen molar-refractivity contribution in [1.82, 2.24) is 4.90 Å². The number of esters is 1. The van der Waals surface area contributed by atoms with Gasteiger partial charge in [-0.05, 0) is 49.4 Å². The van der Waals surface area contributed by atoms with E-state index in [1.165, 1.54) is 7.11 Å². The fourth-order valence-corrected chi connectivity index (χ4v) is 3.18. The van der Waals surface area contributed by atoms with Crippen molar-refractivity contribution in [3.05, 3.63) is 28.7 Å². The highest BCUT2D eigenvalue weighted by atomic mass is 32.2. The normalized spacial score (nSPS) is 15.5. The molecule has 8 nitrogen and oxygen atoms in total. The van der Waals surface area contributed by atoms with Crippen molar-refractivity contribution in [2.75, 3.05) is 34.0 Å². The van der Waals surface area contributed by atoms with Crippen molar-refractivity contribution in [2.24, 2.45) is 0 Å². The molecular weight excluding hydrogens is 386 g/mol. The van der Waals surface area contributed by atoms with E-state index >= 15 is 0 Å². The third-order valence-corrected chi connectivity index (χ3v) is 4.47. The molecule has 1 aromatic carbocycles. The number of imide groups is 1. The number of thioether (sulfide) groups is 1. The summed E-state index contributed by atoms with van der Waals surface area (Å²) in [6.07, 6.45) is 1.25. The van der Waals surface area contributed by atoms with Crippen molar-refractivity contribution in [3.63, 3.8) is 0 Å². The molecule has 0 bridgehead atoms. The molecule has 0 radical (unpaired) electrons. The average Bonchev–Trinajstić information content (AvgIpc) is 2.89. The first kappa shape index (κ1) is 21.8. The lowest BCUT2D eigenvalue weighted by molar-refractivity contribution is -0.149.